The molecule has 1 atom stereocenters. The highest BCUT2D eigenvalue weighted by Crippen LogP contribution is 2.24. The van der Waals surface area contributed by atoms with Crippen LogP contribution in [0.25, 0.3) is 0 Å². The lowest BCUT2D eigenvalue weighted by atomic mass is 10.00. The van der Waals surface area contributed by atoms with Crippen LogP contribution < -0.4 is 15.4 Å². The number of nitrogens with zero attached hydrogens (tertiary/aromatic N) is 1. The lowest BCUT2D eigenvalue weighted by molar-refractivity contribution is 0.0939. The zero-order valence-electron chi connectivity index (χ0n) is 17.3. The van der Waals surface area contributed by atoms with E-state index in [0.717, 1.165) is 24.2 Å². The summed E-state index contributed by atoms with van der Waals surface area (Å²) in [5.74, 6) is 0.731. The topological polar surface area (TPSA) is 70.7 Å². The molecule has 154 valence electrons. The van der Waals surface area contributed by atoms with E-state index in [1.165, 1.54) is 5.56 Å². The Morgan fingerprint density at radius 2 is 1.86 bits per heavy atom. The minimum Gasteiger partial charge on any atom is -0.494 e. The third-order valence-electron chi connectivity index (χ3n) is 5.18. The minimum atomic E-state index is -0.144. The van der Waals surface area contributed by atoms with Gasteiger partial charge in [-0.3, -0.25) is 4.79 Å². The molecule has 1 unspecified atom stereocenters. The summed E-state index contributed by atoms with van der Waals surface area (Å²) in [7, 11) is 0. The van der Waals surface area contributed by atoms with Gasteiger partial charge in [-0.15, -0.1) is 0 Å². The number of carbonyl (C=O) groups excluding carboxylic acids is 2. The fraction of sp³-hybridized carbons (Fsp3) is 0.391. The van der Waals surface area contributed by atoms with Gasteiger partial charge in [0.05, 0.1) is 6.61 Å². The molecule has 1 aliphatic rings. The van der Waals surface area contributed by atoms with E-state index < -0.39 is 0 Å². The molecule has 0 bridgehead atoms. The maximum absolute atomic E-state index is 12.7. The van der Waals surface area contributed by atoms with Crippen LogP contribution in [0.15, 0.2) is 42.5 Å². The Kier molecular flexibility index (Phi) is 6.75. The van der Waals surface area contributed by atoms with Crippen molar-refractivity contribution in [3.8, 4) is 5.75 Å². The third kappa shape index (κ3) is 5.28. The van der Waals surface area contributed by atoms with Crippen LogP contribution in [-0.2, 0) is 13.0 Å². The molecule has 3 rings (SSSR count). The van der Waals surface area contributed by atoms with Gasteiger partial charge in [-0.2, -0.15) is 0 Å². The number of carbonyl (C=O) groups is 2. The Bertz CT molecular complexity index is 864. The molecule has 29 heavy (non-hydrogen) atoms. The normalized spacial score (nSPS) is 14.0. The Labute approximate surface area is 172 Å². The van der Waals surface area contributed by atoms with Crippen LogP contribution in [0.3, 0.4) is 0 Å². The second kappa shape index (κ2) is 9.45. The molecule has 2 aromatic carbocycles. The molecule has 6 nitrogen and oxygen atoms in total. The van der Waals surface area contributed by atoms with Gasteiger partial charge in [0.2, 0.25) is 0 Å². The van der Waals surface area contributed by atoms with Gasteiger partial charge in [0.25, 0.3) is 5.91 Å². The summed E-state index contributed by atoms with van der Waals surface area (Å²) in [6, 6.07) is 13.0. The highest BCUT2D eigenvalue weighted by molar-refractivity contribution is 5.95. The number of urea groups is 1. The van der Waals surface area contributed by atoms with E-state index in [1.807, 2.05) is 32.9 Å². The third-order valence-corrected chi connectivity index (χ3v) is 5.18. The van der Waals surface area contributed by atoms with Crippen LogP contribution >= 0.6 is 0 Å². The molecular formula is C23H29N3O3. The molecule has 0 spiro atoms. The molecule has 0 saturated carbocycles. The van der Waals surface area contributed by atoms with Crippen molar-refractivity contribution < 1.29 is 14.3 Å². The number of amides is 3. The fourth-order valence-electron chi connectivity index (χ4n) is 3.28. The van der Waals surface area contributed by atoms with E-state index >= 15 is 0 Å². The summed E-state index contributed by atoms with van der Waals surface area (Å²) < 4.78 is 5.57. The van der Waals surface area contributed by atoms with Crippen molar-refractivity contribution in [3.05, 3.63) is 59.2 Å². The van der Waals surface area contributed by atoms with Crippen molar-refractivity contribution in [1.29, 1.82) is 0 Å². The molecule has 1 aliphatic heterocycles. The van der Waals surface area contributed by atoms with E-state index in [0.29, 0.717) is 30.9 Å². The van der Waals surface area contributed by atoms with Crippen LogP contribution in [0.4, 0.5) is 10.5 Å². The largest absolute Gasteiger partial charge is 0.494 e. The monoisotopic (exact) mass is 395 g/mol. The first-order valence-electron chi connectivity index (χ1n) is 10.2. The molecule has 0 aliphatic carbocycles. The van der Waals surface area contributed by atoms with Crippen molar-refractivity contribution in [2.75, 3.05) is 18.5 Å². The van der Waals surface area contributed by atoms with Gasteiger partial charge < -0.3 is 20.3 Å². The number of hydrogen-bond donors (Lipinski definition) is 2. The molecule has 0 fully saturated rings. The average Bonchev–Trinajstić information content (AvgIpc) is 2.73. The number of nitrogens with one attached hydrogen (secondary N) is 2. The number of fused-ring (bicyclic) bond motifs is 1. The number of benzene rings is 2. The number of hydrogen-bond acceptors (Lipinski definition) is 3. The lowest BCUT2D eigenvalue weighted by Gasteiger charge is -2.29. The maximum atomic E-state index is 12.7. The summed E-state index contributed by atoms with van der Waals surface area (Å²) >= 11 is 0. The molecule has 1 heterocycles. The second-order valence-corrected chi connectivity index (χ2v) is 7.33. The zero-order valence-corrected chi connectivity index (χ0v) is 17.3. The SMILES string of the molecule is CCOc1ccc2c(c1)CN(C(=O)Nc1ccc(C(=O)NC(C)CC)cc1)CC2. The summed E-state index contributed by atoms with van der Waals surface area (Å²) in [5.41, 5.74) is 3.63. The molecule has 0 radical (unpaired) electrons. The zero-order chi connectivity index (χ0) is 20.8. The van der Waals surface area contributed by atoms with Crippen LogP contribution in [0, 0.1) is 0 Å². The summed E-state index contributed by atoms with van der Waals surface area (Å²) in [5, 5.41) is 5.86. The van der Waals surface area contributed by atoms with Gasteiger partial charge in [0.15, 0.2) is 0 Å². The van der Waals surface area contributed by atoms with Crippen molar-refractivity contribution in [2.24, 2.45) is 0 Å². The van der Waals surface area contributed by atoms with Crippen molar-refractivity contribution >= 4 is 17.6 Å². The lowest BCUT2D eigenvalue weighted by Crippen LogP contribution is -2.38. The van der Waals surface area contributed by atoms with Crippen molar-refractivity contribution in [1.82, 2.24) is 10.2 Å². The predicted octanol–water partition coefficient (Wildman–Crippen LogP) is 4.20. The number of rotatable bonds is 6. The molecule has 2 N–H and O–H groups in total. The first-order chi connectivity index (χ1) is 14.0. The number of ether oxygens (including phenoxy) is 1. The maximum Gasteiger partial charge on any atom is 0.322 e. The predicted molar refractivity (Wildman–Crippen MR) is 114 cm³/mol. The van der Waals surface area contributed by atoms with Crippen LogP contribution in [-0.4, -0.2) is 36.0 Å². The van der Waals surface area contributed by atoms with E-state index in [1.54, 1.807) is 29.2 Å². The highest BCUT2D eigenvalue weighted by atomic mass is 16.5. The minimum absolute atomic E-state index is 0.102. The Morgan fingerprint density at radius 3 is 2.55 bits per heavy atom. The quantitative estimate of drug-likeness (QED) is 0.770. The van der Waals surface area contributed by atoms with Gasteiger partial charge in [0.1, 0.15) is 5.75 Å². The van der Waals surface area contributed by atoms with E-state index in [4.69, 9.17) is 4.74 Å². The van der Waals surface area contributed by atoms with Crippen LogP contribution in [0.2, 0.25) is 0 Å². The second-order valence-electron chi connectivity index (χ2n) is 7.33. The average molecular weight is 396 g/mol. The summed E-state index contributed by atoms with van der Waals surface area (Å²) in [6.45, 7) is 7.80. The van der Waals surface area contributed by atoms with Gasteiger partial charge >= 0.3 is 6.03 Å². The standard InChI is InChI=1S/C23H29N3O3/c1-4-16(3)24-22(27)18-6-9-20(10-7-18)25-23(28)26-13-12-17-8-11-21(29-5-2)14-19(17)15-26/h6-11,14,16H,4-5,12-13,15H2,1-3H3,(H,24,27)(H,25,28). The first kappa shape index (κ1) is 20.7. The smallest absolute Gasteiger partial charge is 0.322 e. The molecule has 3 amide bonds. The first-order valence-corrected chi connectivity index (χ1v) is 10.2. The Morgan fingerprint density at radius 1 is 1.10 bits per heavy atom. The molecule has 0 saturated heterocycles. The van der Waals surface area contributed by atoms with Gasteiger partial charge in [0, 0.05) is 30.4 Å². The van der Waals surface area contributed by atoms with E-state index in [9.17, 15) is 9.59 Å². The molecule has 0 aromatic heterocycles. The Hall–Kier alpha value is -3.02. The molecule has 6 heteroatoms. The number of anilines is 1. The summed E-state index contributed by atoms with van der Waals surface area (Å²) in [4.78, 5) is 26.7. The van der Waals surface area contributed by atoms with Gasteiger partial charge in [-0.25, -0.2) is 4.79 Å². The van der Waals surface area contributed by atoms with Gasteiger partial charge in [-0.05, 0) is 74.2 Å². The fourth-order valence-corrected chi connectivity index (χ4v) is 3.28. The van der Waals surface area contributed by atoms with Crippen LogP contribution in [0.5, 0.6) is 5.75 Å². The highest BCUT2D eigenvalue weighted by Gasteiger charge is 2.21. The summed E-state index contributed by atoms with van der Waals surface area (Å²) in [6.07, 6.45) is 1.70. The van der Waals surface area contributed by atoms with Crippen molar-refractivity contribution in [3.63, 3.8) is 0 Å². The molecule has 2 aromatic rings. The Balaban J connectivity index is 1.60. The van der Waals surface area contributed by atoms with E-state index in [2.05, 4.69) is 16.7 Å². The van der Waals surface area contributed by atoms with E-state index in [-0.39, 0.29) is 18.0 Å². The van der Waals surface area contributed by atoms with Crippen LogP contribution in [0.1, 0.15) is 48.7 Å². The van der Waals surface area contributed by atoms with Gasteiger partial charge in [-0.1, -0.05) is 13.0 Å². The van der Waals surface area contributed by atoms with Crippen molar-refractivity contribution in [2.45, 2.75) is 46.2 Å². The molecular weight excluding hydrogens is 366 g/mol.